The van der Waals surface area contributed by atoms with E-state index in [0.717, 1.165) is 16.7 Å². The molecular weight excluding hydrogens is 583 g/mol. The smallest absolute Gasteiger partial charge is 0.413 e. The molecule has 1 fully saturated rings. The van der Waals surface area contributed by atoms with E-state index in [4.69, 9.17) is 21.1 Å². The first kappa shape index (κ1) is 29.7. The number of piperazine rings is 1. The fourth-order valence-electron chi connectivity index (χ4n) is 4.59. The summed E-state index contributed by atoms with van der Waals surface area (Å²) < 4.78 is 25.9. The third-order valence-electron chi connectivity index (χ3n) is 6.33. The highest BCUT2D eigenvalue weighted by molar-refractivity contribution is 7.22. The lowest BCUT2D eigenvalue weighted by Gasteiger charge is -2.36. The molecular formula is C29H32ClFN6O4S. The SMILES string of the molecule is CC(C)(C)OC(=O)Nc1nc2c(-c3cc4ncnc(N5CCN(C(=O)OC(C)(C)C)CC5)c4cc3Cl)ccc(F)c2s1. The van der Waals surface area contributed by atoms with E-state index in [9.17, 15) is 14.0 Å². The molecule has 4 aromatic rings. The minimum atomic E-state index is -0.692. The lowest BCUT2D eigenvalue weighted by molar-refractivity contribution is 0.0240. The predicted octanol–water partition coefficient (Wildman–Crippen LogP) is 7.10. The fourth-order valence-corrected chi connectivity index (χ4v) is 5.73. The summed E-state index contributed by atoms with van der Waals surface area (Å²) in [5, 5.41) is 3.96. The lowest BCUT2D eigenvalue weighted by atomic mass is 10.0. The summed E-state index contributed by atoms with van der Waals surface area (Å²) in [5.41, 5.74) is 0.965. The van der Waals surface area contributed by atoms with Gasteiger partial charge in [0.15, 0.2) is 5.13 Å². The van der Waals surface area contributed by atoms with Crippen LogP contribution >= 0.6 is 22.9 Å². The Hall–Kier alpha value is -3.77. The standard InChI is InChI=1S/C29H32ClFN6O4S/c1-28(2,3)40-26(38)35-25-34-22-16(7-8-20(31)23(22)42-25)17-14-21-18(13-19(17)30)24(33-15-32-21)36-9-11-37(12-10-36)27(39)41-29(4,5)6/h7-8,13-15H,9-12H2,1-6H3,(H,34,35,38). The van der Waals surface area contributed by atoms with Gasteiger partial charge in [0.05, 0.1) is 15.7 Å². The molecule has 0 atom stereocenters. The zero-order valence-electron chi connectivity index (χ0n) is 24.2. The molecule has 13 heteroatoms. The number of hydrogen-bond donors (Lipinski definition) is 1. The Balaban J connectivity index is 1.44. The number of hydrogen-bond acceptors (Lipinski definition) is 9. The number of anilines is 2. The van der Waals surface area contributed by atoms with Crippen molar-refractivity contribution in [2.24, 2.45) is 0 Å². The van der Waals surface area contributed by atoms with Gasteiger partial charge in [-0.3, -0.25) is 5.32 Å². The van der Waals surface area contributed by atoms with Crippen molar-refractivity contribution in [1.29, 1.82) is 0 Å². The van der Waals surface area contributed by atoms with E-state index in [1.807, 2.05) is 26.8 Å². The Morgan fingerprint density at radius 2 is 1.67 bits per heavy atom. The van der Waals surface area contributed by atoms with Crippen LogP contribution in [0.3, 0.4) is 0 Å². The first-order valence-electron chi connectivity index (χ1n) is 13.4. The molecule has 3 heterocycles. The van der Waals surface area contributed by atoms with Crippen molar-refractivity contribution in [1.82, 2.24) is 19.9 Å². The quantitative estimate of drug-likeness (QED) is 0.260. The molecule has 0 bridgehead atoms. The van der Waals surface area contributed by atoms with Crippen LogP contribution in [-0.4, -0.2) is 69.4 Å². The molecule has 222 valence electrons. The number of benzene rings is 2. The minimum absolute atomic E-state index is 0.206. The molecule has 0 saturated carbocycles. The third-order valence-corrected chi connectivity index (χ3v) is 7.62. The predicted molar refractivity (Wildman–Crippen MR) is 163 cm³/mol. The molecule has 2 aromatic carbocycles. The summed E-state index contributed by atoms with van der Waals surface area (Å²) in [4.78, 5) is 42.1. The van der Waals surface area contributed by atoms with Crippen molar-refractivity contribution >= 4 is 67.2 Å². The second-order valence-corrected chi connectivity index (χ2v) is 13.3. The largest absolute Gasteiger partial charge is 0.444 e. The number of carbonyl (C=O) groups excluding carboxylic acids is 2. The first-order chi connectivity index (χ1) is 19.7. The highest BCUT2D eigenvalue weighted by atomic mass is 35.5. The molecule has 10 nitrogen and oxygen atoms in total. The zero-order valence-corrected chi connectivity index (χ0v) is 25.8. The number of halogens is 2. The maximum atomic E-state index is 14.8. The summed E-state index contributed by atoms with van der Waals surface area (Å²) in [7, 11) is 0. The molecule has 0 unspecified atom stereocenters. The molecule has 42 heavy (non-hydrogen) atoms. The van der Waals surface area contributed by atoms with Crippen LogP contribution in [0.5, 0.6) is 0 Å². The molecule has 2 aromatic heterocycles. The van der Waals surface area contributed by atoms with E-state index in [2.05, 4.69) is 25.2 Å². The number of aromatic nitrogens is 3. The Morgan fingerprint density at radius 1 is 0.976 bits per heavy atom. The van der Waals surface area contributed by atoms with E-state index in [-0.39, 0.29) is 15.9 Å². The van der Waals surface area contributed by atoms with Crippen LogP contribution in [0.2, 0.25) is 5.02 Å². The van der Waals surface area contributed by atoms with E-state index in [1.165, 1.54) is 12.4 Å². The van der Waals surface area contributed by atoms with Gasteiger partial charge in [0.1, 0.15) is 29.2 Å². The van der Waals surface area contributed by atoms with Crippen LogP contribution < -0.4 is 10.2 Å². The summed E-state index contributed by atoms with van der Waals surface area (Å²) in [6, 6.07) is 6.58. The van der Waals surface area contributed by atoms with Crippen molar-refractivity contribution in [3.63, 3.8) is 0 Å². The van der Waals surface area contributed by atoms with E-state index < -0.39 is 23.1 Å². The fraction of sp³-hybridized carbons (Fsp3) is 0.414. The number of nitrogens with zero attached hydrogens (tertiary/aromatic N) is 5. The number of thiazole rings is 1. The van der Waals surface area contributed by atoms with Crippen LogP contribution in [0.25, 0.3) is 32.2 Å². The van der Waals surface area contributed by atoms with Gasteiger partial charge in [0.2, 0.25) is 0 Å². The van der Waals surface area contributed by atoms with Gasteiger partial charge in [-0.1, -0.05) is 22.9 Å². The average molecular weight is 615 g/mol. The summed E-state index contributed by atoms with van der Waals surface area (Å²) in [6.45, 7) is 12.9. The summed E-state index contributed by atoms with van der Waals surface area (Å²) >= 11 is 7.84. The number of rotatable bonds is 3. The van der Waals surface area contributed by atoms with Crippen LogP contribution in [0.1, 0.15) is 41.5 Å². The van der Waals surface area contributed by atoms with Crippen molar-refractivity contribution in [2.45, 2.75) is 52.7 Å². The van der Waals surface area contributed by atoms with Gasteiger partial charge in [0, 0.05) is 47.7 Å². The van der Waals surface area contributed by atoms with Gasteiger partial charge >= 0.3 is 12.2 Å². The van der Waals surface area contributed by atoms with E-state index in [0.29, 0.717) is 59.2 Å². The van der Waals surface area contributed by atoms with E-state index >= 15 is 0 Å². The van der Waals surface area contributed by atoms with Gasteiger partial charge in [-0.25, -0.2) is 28.9 Å². The van der Waals surface area contributed by atoms with Crippen LogP contribution in [-0.2, 0) is 9.47 Å². The average Bonchev–Trinajstić information content (AvgIpc) is 3.31. The molecule has 1 aliphatic rings. The lowest BCUT2D eigenvalue weighted by Crippen LogP contribution is -2.50. The van der Waals surface area contributed by atoms with Crippen molar-refractivity contribution < 1.29 is 23.5 Å². The minimum Gasteiger partial charge on any atom is -0.444 e. The van der Waals surface area contributed by atoms with Gasteiger partial charge < -0.3 is 19.3 Å². The first-order valence-corrected chi connectivity index (χ1v) is 14.6. The monoisotopic (exact) mass is 614 g/mol. The van der Waals surface area contributed by atoms with Crippen LogP contribution in [0.15, 0.2) is 30.6 Å². The second kappa shape index (κ2) is 11.1. The number of nitrogens with one attached hydrogen (secondary N) is 1. The second-order valence-electron chi connectivity index (χ2n) is 11.9. The Morgan fingerprint density at radius 3 is 2.33 bits per heavy atom. The van der Waals surface area contributed by atoms with Crippen LogP contribution in [0.4, 0.5) is 24.9 Å². The summed E-state index contributed by atoms with van der Waals surface area (Å²) in [6.07, 6.45) is 0.476. The highest BCUT2D eigenvalue weighted by Crippen LogP contribution is 2.40. The number of amides is 2. The van der Waals surface area contributed by atoms with Crippen molar-refractivity contribution in [3.05, 3.63) is 41.4 Å². The molecule has 1 aliphatic heterocycles. The number of ether oxygens (including phenoxy) is 2. The molecule has 0 radical (unpaired) electrons. The normalized spacial score (nSPS) is 14.4. The molecule has 5 rings (SSSR count). The highest BCUT2D eigenvalue weighted by Gasteiger charge is 2.27. The molecule has 1 N–H and O–H groups in total. The topological polar surface area (TPSA) is 110 Å². The summed E-state index contributed by atoms with van der Waals surface area (Å²) in [5.74, 6) is 0.245. The van der Waals surface area contributed by atoms with E-state index in [1.54, 1.807) is 37.8 Å². The van der Waals surface area contributed by atoms with Gasteiger partial charge in [-0.15, -0.1) is 0 Å². The van der Waals surface area contributed by atoms with Gasteiger partial charge in [-0.05, 0) is 65.8 Å². The molecule has 0 aliphatic carbocycles. The maximum absolute atomic E-state index is 14.8. The molecule has 0 spiro atoms. The number of carbonyl (C=O) groups is 2. The van der Waals surface area contributed by atoms with Crippen molar-refractivity contribution in [2.75, 3.05) is 36.4 Å². The van der Waals surface area contributed by atoms with Crippen LogP contribution in [0, 0.1) is 5.82 Å². The van der Waals surface area contributed by atoms with Gasteiger partial charge in [0.25, 0.3) is 0 Å². The maximum Gasteiger partial charge on any atom is 0.413 e. The number of fused-ring (bicyclic) bond motifs is 2. The zero-order chi connectivity index (χ0) is 30.4. The molecule has 1 saturated heterocycles. The Bertz CT molecular complexity index is 1670. The Labute approximate surface area is 251 Å². The Kier molecular flexibility index (Phi) is 7.88. The third kappa shape index (κ3) is 6.49. The van der Waals surface area contributed by atoms with Crippen molar-refractivity contribution in [3.8, 4) is 11.1 Å². The van der Waals surface area contributed by atoms with Gasteiger partial charge in [-0.2, -0.15) is 0 Å². The molecule has 2 amide bonds.